The maximum absolute atomic E-state index is 12.2. The van der Waals surface area contributed by atoms with Crippen LogP contribution in [0.1, 0.15) is 24.7 Å². The Morgan fingerprint density at radius 3 is 2.95 bits per heavy atom. The summed E-state index contributed by atoms with van der Waals surface area (Å²) in [7, 11) is 0. The molecule has 108 valence electrons. The van der Waals surface area contributed by atoms with Crippen LogP contribution in [0.5, 0.6) is 0 Å². The second-order valence-electron chi connectivity index (χ2n) is 4.88. The number of thiazole rings is 1. The summed E-state index contributed by atoms with van der Waals surface area (Å²) in [4.78, 5) is 18.5. The molecule has 2 heterocycles. The van der Waals surface area contributed by atoms with Crippen molar-refractivity contribution in [2.75, 3.05) is 4.90 Å². The smallest absolute Gasteiger partial charge is 0.228 e. The molecule has 2 aromatic heterocycles. The van der Waals surface area contributed by atoms with Gasteiger partial charge in [-0.25, -0.2) is 4.98 Å². The molecule has 0 fully saturated rings. The molecule has 3 aromatic rings. The second kappa shape index (κ2) is 5.69. The molecule has 0 saturated heterocycles. The van der Waals surface area contributed by atoms with Gasteiger partial charge in [-0.15, -0.1) is 0 Å². The maximum atomic E-state index is 12.2. The molecular formula is C16H16N2O2S. The summed E-state index contributed by atoms with van der Waals surface area (Å²) < 4.78 is 6.45. The monoisotopic (exact) mass is 300 g/mol. The summed E-state index contributed by atoms with van der Waals surface area (Å²) in [6.45, 7) is 4.32. The van der Waals surface area contributed by atoms with Gasteiger partial charge in [-0.2, -0.15) is 0 Å². The van der Waals surface area contributed by atoms with Gasteiger partial charge in [0.2, 0.25) is 5.91 Å². The van der Waals surface area contributed by atoms with Gasteiger partial charge in [-0.05, 0) is 36.8 Å². The molecule has 0 unspecified atom stereocenters. The molecule has 5 heteroatoms. The van der Waals surface area contributed by atoms with E-state index in [1.807, 2.05) is 31.2 Å². The zero-order chi connectivity index (χ0) is 14.8. The molecule has 0 N–H and O–H groups in total. The van der Waals surface area contributed by atoms with E-state index in [0.717, 1.165) is 21.1 Å². The Labute approximate surface area is 127 Å². The predicted molar refractivity (Wildman–Crippen MR) is 84.5 cm³/mol. The number of carbonyl (C=O) groups excluding carboxylic acids is 1. The van der Waals surface area contributed by atoms with E-state index in [1.54, 1.807) is 11.2 Å². The first kappa shape index (κ1) is 13.8. The number of fused-ring (bicyclic) bond motifs is 1. The third-order valence-corrected chi connectivity index (χ3v) is 4.30. The first-order chi connectivity index (χ1) is 10.2. The summed E-state index contributed by atoms with van der Waals surface area (Å²) >= 11 is 1.54. The van der Waals surface area contributed by atoms with Crippen LogP contribution in [0.2, 0.25) is 0 Å². The van der Waals surface area contributed by atoms with Gasteiger partial charge in [0, 0.05) is 6.42 Å². The number of furan rings is 1. The number of hydrogen-bond donors (Lipinski definition) is 0. The van der Waals surface area contributed by atoms with Crippen LogP contribution >= 0.6 is 11.3 Å². The molecule has 0 saturated carbocycles. The summed E-state index contributed by atoms with van der Waals surface area (Å²) in [5.74, 6) is 0.800. The molecule has 0 spiro atoms. The van der Waals surface area contributed by atoms with Crippen molar-refractivity contribution in [2.24, 2.45) is 0 Å². The lowest BCUT2D eigenvalue weighted by molar-refractivity contribution is -0.118. The lowest BCUT2D eigenvalue weighted by Crippen LogP contribution is -2.29. The van der Waals surface area contributed by atoms with Crippen molar-refractivity contribution < 1.29 is 9.21 Å². The number of aromatic nitrogens is 1. The molecule has 0 aliphatic heterocycles. The molecule has 0 atom stereocenters. The van der Waals surface area contributed by atoms with Crippen molar-refractivity contribution in [3.8, 4) is 0 Å². The van der Waals surface area contributed by atoms with Gasteiger partial charge in [-0.3, -0.25) is 9.69 Å². The number of nitrogens with zero attached hydrogens (tertiary/aromatic N) is 2. The largest absolute Gasteiger partial charge is 0.467 e. The van der Waals surface area contributed by atoms with E-state index < -0.39 is 0 Å². The van der Waals surface area contributed by atoms with Crippen molar-refractivity contribution in [3.05, 3.63) is 47.9 Å². The molecule has 1 aromatic carbocycles. The van der Waals surface area contributed by atoms with Crippen LogP contribution in [-0.2, 0) is 11.3 Å². The standard InChI is InChI=1S/C16H16N2O2S/c1-3-15(19)18(10-12-5-4-8-20-12)16-17-13-7-6-11(2)9-14(13)21-16/h4-9H,3,10H2,1-2H3. The van der Waals surface area contributed by atoms with Crippen molar-refractivity contribution in [1.29, 1.82) is 0 Å². The van der Waals surface area contributed by atoms with Gasteiger partial charge < -0.3 is 4.42 Å². The topological polar surface area (TPSA) is 46.3 Å². The summed E-state index contributed by atoms with van der Waals surface area (Å²) in [6, 6.07) is 9.81. The third-order valence-electron chi connectivity index (χ3n) is 3.26. The summed E-state index contributed by atoms with van der Waals surface area (Å²) in [5.41, 5.74) is 2.12. The van der Waals surface area contributed by atoms with Crippen LogP contribution in [0.4, 0.5) is 5.13 Å². The van der Waals surface area contributed by atoms with Gasteiger partial charge in [-0.1, -0.05) is 24.3 Å². The molecule has 3 rings (SSSR count). The lowest BCUT2D eigenvalue weighted by atomic mass is 10.2. The van der Waals surface area contributed by atoms with E-state index in [4.69, 9.17) is 4.42 Å². The van der Waals surface area contributed by atoms with E-state index in [2.05, 4.69) is 18.0 Å². The fraction of sp³-hybridized carbons (Fsp3) is 0.250. The van der Waals surface area contributed by atoms with Crippen LogP contribution in [0.3, 0.4) is 0 Å². The van der Waals surface area contributed by atoms with E-state index in [9.17, 15) is 4.79 Å². The Hall–Kier alpha value is -2.14. The minimum absolute atomic E-state index is 0.0437. The first-order valence-corrected chi connectivity index (χ1v) is 7.69. The zero-order valence-corrected chi connectivity index (χ0v) is 12.8. The maximum Gasteiger partial charge on any atom is 0.228 e. The van der Waals surface area contributed by atoms with Crippen LogP contribution in [0.15, 0.2) is 41.0 Å². The molecule has 0 aliphatic rings. The Kier molecular flexibility index (Phi) is 3.75. The molecule has 4 nitrogen and oxygen atoms in total. The van der Waals surface area contributed by atoms with Crippen molar-refractivity contribution in [3.63, 3.8) is 0 Å². The van der Waals surface area contributed by atoms with Crippen LogP contribution in [0, 0.1) is 6.92 Å². The molecular weight excluding hydrogens is 284 g/mol. The Balaban J connectivity index is 1.99. The number of rotatable bonds is 4. The number of hydrogen-bond acceptors (Lipinski definition) is 4. The van der Waals surface area contributed by atoms with E-state index >= 15 is 0 Å². The predicted octanol–water partition coefficient (Wildman–Crippen LogP) is 4.14. The molecule has 0 bridgehead atoms. The van der Waals surface area contributed by atoms with E-state index in [-0.39, 0.29) is 5.91 Å². The zero-order valence-electron chi connectivity index (χ0n) is 12.0. The average molecular weight is 300 g/mol. The van der Waals surface area contributed by atoms with Crippen LogP contribution in [0.25, 0.3) is 10.2 Å². The number of benzene rings is 1. The van der Waals surface area contributed by atoms with Gasteiger partial charge in [0.25, 0.3) is 0 Å². The normalized spacial score (nSPS) is 11.0. The number of anilines is 1. The Morgan fingerprint density at radius 2 is 2.24 bits per heavy atom. The van der Waals surface area contributed by atoms with Crippen LogP contribution < -0.4 is 4.90 Å². The highest BCUT2D eigenvalue weighted by Gasteiger charge is 2.19. The first-order valence-electron chi connectivity index (χ1n) is 6.87. The number of amides is 1. The van der Waals surface area contributed by atoms with E-state index in [1.165, 1.54) is 16.9 Å². The molecule has 0 radical (unpaired) electrons. The molecule has 1 amide bonds. The summed E-state index contributed by atoms with van der Waals surface area (Å²) in [5, 5.41) is 0.721. The number of carbonyl (C=O) groups is 1. The fourth-order valence-electron chi connectivity index (χ4n) is 2.15. The van der Waals surface area contributed by atoms with Crippen molar-refractivity contribution in [2.45, 2.75) is 26.8 Å². The second-order valence-corrected chi connectivity index (χ2v) is 5.89. The SMILES string of the molecule is CCC(=O)N(Cc1ccco1)c1nc2ccc(C)cc2s1. The highest BCUT2D eigenvalue weighted by atomic mass is 32.1. The van der Waals surface area contributed by atoms with Gasteiger partial charge in [0.15, 0.2) is 5.13 Å². The van der Waals surface area contributed by atoms with Gasteiger partial charge in [0.1, 0.15) is 5.76 Å². The lowest BCUT2D eigenvalue weighted by Gasteiger charge is -2.17. The van der Waals surface area contributed by atoms with Gasteiger partial charge in [0.05, 0.1) is 23.0 Å². The summed E-state index contributed by atoms with van der Waals surface area (Å²) in [6.07, 6.45) is 2.06. The highest BCUT2D eigenvalue weighted by Crippen LogP contribution is 2.30. The Bertz CT molecular complexity index is 762. The Morgan fingerprint density at radius 1 is 1.38 bits per heavy atom. The fourth-order valence-corrected chi connectivity index (χ4v) is 3.23. The molecule has 0 aliphatic carbocycles. The quantitative estimate of drug-likeness (QED) is 0.727. The minimum atomic E-state index is 0.0437. The third kappa shape index (κ3) is 2.83. The van der Waals surface area contributed by atoms with Crippen LogP contribution in [-0.4, -0.2) is 10.9 Å². The van der Waals surface area contributed by atoms with Crippen molar-refractivity contribution in [1.82, 2.24) is 4.98 Å². The minimum Gasteiger partial charge on any atom is -0.467 e. The number of aryl methyl sites for hydroxylation is 1. The molecule has 21 heavy (non-hydrogen) atoms. The highest BCUT2D eigenvalue weighted by molar-refractivity contribution is 7.22. The van der Waals surface area contributed by atoms with E-state index in [0.29, 0.717) is 13.0 Å². The van der Waals surface area contributed by atoms with Gasteiger partial charge >= 0.3 is 0 Å². The average Bonchev–Trinajstić information content (AvgIpc) is 3.12. The van der Waals surface area contributed by atoms with Crippen molar-refractivity contribution >= 4 is 32.6 Å².